The first kappa shape index (κ1) is 15.1. The minimum Gasteiger partial charge on any atom is -0.496 e. The molecule has 0 atom stereocenters. The molecule has 0 aliphatic heterocycles. The number of benzene rings is 3. The van der Waals surface area contributed by atoms with Gasteiger partial charge in [-0.15, -0.1) is 0 Å². The van der Waals surface area contributed by atoms with E-state index in [4.69, 9.17) is 9.15 Å². The third-order valence-corrected chi connectivity index (χ3v) is 3.88. The van der Waals surface area contributed by atoms with Crippen LogP contribution in [-0.2, 0) is 0 Å². The van der Waals surface area contributed by atoms with Crippen LogP contribution in [0.1, 0.15) is 5.56 Å². The molecule has 0 bridgehead atoms. The van der Waals surface area contributed by atoms with E-state index >= 15 is 0 Å². The van der Waals surface area contributed by atoms with E-state index < -0.39 is 0 Å². The van der Waals surface area contributed by atoms with Gasteiger partial charge in [0.25, 0.3) is 0 Å². The number of para-hydroxylation sites is 3. The Morgan fingerprint density at radius 3 is 2.68 bits per heavy atom. The Labute approximate surface area is 145 Å². The summed E-state index contributed by atoms with van der Waals surface area (Å²) in [4.78, 5) is 9.08. The molecule has 0 unspecified atom stereocenters. The molecular formula is C21H16N2O2. The minimum absolute atomic E-state index is 0.593. The highest BCUT2D eigenvalue weighted by atomic mass is 16.5. The summed E-state index contributed by atoms with van der Waals surface area (Å²) < 4.78 is 11.2. The van der Waals surface area contributed by atoms with Crippen molar-refractivity contribution >= 4 is 23.0 Å². The van der Waals surface area contributed by atoms with Crippen molar-refractivity contribution < 1.29 is 9.15 Å². The SMILES string of the molecule is COc1ccccc1C=Nc1cccc(-c2nc3ccccc3o2)c1. The molecule has 25 heavy (non-hydrogen) atoms. The van der Waals surface area contributed by atoms with Gasteiger partial charge < -0.3 is 9.15 Å². The zero-order valence-electron chi connectivity index (χ0n) is 13.7. The Bertz CT molecular complexity index is 1020. The van der Waals surface area contributed by atoms with Gasteiger partial charge in [-0.3, -0.25) is 4.99 Å². The molecule has 0 radical (unpaired) electrons. The number of fused-ring (bicyclic) bond motifs is 1. The molecule has 0 N–H and O–H groups in total. The smallest absolute Gasteiger partial charge is 0.227 e. The van der Waals surface area contributed by atoms with Crippen molar-refractivity contribution in [3.05, 3.63) is 78.4 Å². The van der Waals surface area contributed by atoms with E-state index in [0.29, 0.717) is 5.89 Å². The molecule has 0 fully saturated rings. The summed E-state index contributed by atoms with van der Waals surface area (Å²) in [6.45, 7) is 0. The van der Waals surface area contributed by atoms with Gasteiger partial charge in [0.15, 0.2) is 5.58 Å². The number of aliphatic imine (C=N–C) groups is 1. The highest BCUT2D eigenvalue weighted by Gasteiger charge is 2.08. The number of rotatable bonds is 4. The monoisotopic (exact) mass is 328 g/mol. The van der Waals surface area contributed by atoms with Crippen LogP contribution in [0.15, 0.2) is 82.2 Å². The van der Waals surface area contributed by atoms with Gasteiger partial charge in [0.05, 0.1) is 12.8 Å². The Balaban J connectivity index is 1.66. The minimum atomic E-state index is 0.593. The molecule has 122 valence electrons. The Hall–Kier alpha value is -3.40. The summed E-state index contributed by atoms with van der Waals surface area (Å²) in [5.41, 5.74) is 4.27. The van der Waals surface area contributed by atoms with Crippen LogP contribution < -0.4 is 4.74 Å². The normalized spacial score (nSPS) is 11.2. The van der Waals surface area contributed by atoms with E-state index in [9.17, 15) is 0 Å². The van der Waals surface area contributed by atoms with Crippen molar-refractivity contribution in [3.8, 4) is 17.2 Å². The van der Waals surface area contributed by atoms with Gasteiger partial charge in [-0.05, 0) is 42.5 Å². The summed E-state index contributed by atoms with van der Waals surface area (Å²) in [5, 5.41) is 0. The molecule has 0 amide bonds. The lowest BCUT2D eigenvalue weighted by atomic mass is 10.2. The van der Waals surface area contributed by atoms with E-state index in [-0.39, 0.29) is 0 Å². The molecule has 0 saturated carbocycles. The number of ether oxygens (including phenoxy) is 1. The number of hydrogen-bond acceptors (Lipinski definition) is 4. The molecule has 1 heterocycles. The second kappa shape index (κ2) is 6.61. The highest BCUT2D eigenvalue weighted by molar-refractivity contribution is 5.85. The predicted octanol–water partition coefficient (Wildman–Crippen LogP) is 5.25. The molecule has 4 aromatic rings. The molecule has 4 nitrogen and oxygen atoms in total. The maximum Gasteiger partial charge on any atom is 0.227 e. The molecule has 0 saturated heterocycles. The van der Waals surface area contributed by atoms with E-state index in [2.05, 4.69) is 9.98 Å². The molecule has 0 aliphatic rings. The largest absolute Gasteiger partial charge is 0.496 e. The van der Waals surface area contributed by atoms with Gasteiger partial charge in [0.2, 0.25) is 5.89 Å². The number of methoxy groups -OCH3 is 1. The van der Waals surface area contributed by atoms with Gasteiger partial charge in [-0.2, -0.15) is 0 Å². The van der Waals surface area contributed by atoms with Crippen molar-refractivity contribution in [2.75, 3.05) is 7.11 Å². The first-order valence-corrected chi connectivity index (χ1v) is 7.96. The van der Waals surface area contributed by atoms with Gasteiger partial charge >= 0.3 is 0 Å². The lowest BCUT2D eigenvalue weighted by Gasteiger charge is -2.03. The Morgan fingerprint density at radius 2 is 1.80 bits per heavy atom. The van der Waals surface area contributed by atoms with E-state index in [1.54, 1.807) is 13.3 Å². The second-order valence-corrected chi connectivity index (χ2v) is 5.54. The summed E-state index contributed by atoms with van der Waals surface area (Å²) in [7, 11) is 1.65. The van der Waals surface area contributed by atoms with Gasteiger partial charge in [0.1, 0.15) is 11.3 Å². The predicted molar refractivity (Wildman–Crippen MR) is 99.7 cm³/mol. The fourth-order valence-electron chi connectivity index (χ4n) is 2.63. The summed E-state index contributed by atoms with van der Waals surface area (Å²) in [6.07, 6.45) is 1.80. The molecule has 4 heteroatoms. The lowest BCUT2D eigenvalue weighted by molar-refractivity contribution is 0.414. The zero-order chi connectivity index (χ0) is 17.1. The van der Waals surface area contributed by atoms with Crippen LogP contribution >= 0.6 is 0 Å². The number of oxazole rings is 1. The molecular weight excluding hydrogens is 312 g/mol. The Kier molecular flexibility index (Phi) is 4.01. The second-order valence-electron chi connectivity index (χ2n) is 5.54. The Morgan fingerprint density at radius 1 is 0.960 bits per heavy atom. The van der Waals surface area contributed by atoms with E-state index in [1.807, 2.05) is 72.8 Å². The summed E-state index contributed by atoms with van der Waals surface area (Å²) in [5.74, 6) is 1.39. The standard InChI is InChI=1S/C21H16N2O2/c1-24-19-11-4-2-7-16(19)14-22-17-9-6-8-15(13-17)21-23-18-10-3-5-12-20(18)25-21/h2-14H,1H3. The van der Waals surface area contributed by atoms with Crippen LogP contribution in [0.2, 0.25) is 0 Å². The van der Waals surface area contributed by atoms with E-state index in [1.165, 1.54) is 0 Å². The van der Waals surface area contributed by atoms with Crippen molar-refractivity contribution in [1.82, 2.24) is 4.98 Å². The third kappa shape index (κ3) is 3.15. The zero-order valence-corrected chi connectivity index (χ0v) is 13.7. The molecule has 4 rings (SSSR count). The van der Waals surface area contributed by atoms with Gasteiger partial charge in [-0.1, -0.05) is 30.3 Å². The van der Waals surface area contributed by atoms with Crippen LogP contribution in [0.4, 0.5) is 5.69 Å². The van der Waals surface area contributed by atoms with E-state index in [0.717, 1.165) is 33.7 Å². The number of aromatic nitrogens is 1. The van der Waals surface area contributed by atoms with Crippen LogP contribution in [-0.4, -0.2) is 18.3 Å². The fraction of sp³-hybridized carbons (Fsp3) is 0.0476. The average molecular weight is 328 g/mol. The van der Waals surface area contributed by atoms with Crippen molar-refractivity contribution in [2.45, 2.75) is 0 Å². The van der Waals surface area contributed by atoms with Gasteiger partial charge in [0, 0.05) is 17.3 Å². The van der Waals surface area contributed by atoms with Crippen LogP contribution in [0.3, 0.4) is 0 Å². The molecule has 0 aliphatic carbocycles. The molecule has 1 aromatic heterocycles. The summed E-state index contributed by atoms with van der Waals surface area (Å²) >= 11 is 0. The lowest BCUT2D eigenvalue weighted by Crippen LogP contribution is -1.89. The average Bonchev–Trinajstić information content (AvgIpc) is 3.11. The van der Waals surface area contributed by atoms with Crippen molar-refractivity contribution in [2.24, 2.45) is 4.99 Å². The van der Waals surface area contributed by atoms with Crippen molar-refractivity contribution in [1.29, 1.82) is 0 Å². The summed E-state index contributed by atoms with van der Waals surface area (Å²) in [6, 6.07) is 23.3. The maximum atomic E-state index is 5.83. The highest BCUT2D eigenvalue weighted by Crippen LogP contribution is 2.27. The quantitative estimate of drug-likeness (QED) is 0.480. The number of nitrogens with zero attached hydrogens (tertiary/aromatic N) is 2. The van der Waals surface area contributed by atoms with Crippen molar-refractivity contribution in [3.63, 3.8) is 0 Å². The number of hydrogen-bond donors (Lipinski definition) is 0. The first-order chi connectivity index (χ1) is 12.3. The topological polar surface area (TPSA) is 47.6 Å². The van der Waals surface area contributed by atoms with Crippen LogP contribution in [0, 0.1) is 0 Å². The molecule has 3 aromatic carbocycles. The fourth-order valence-corrected chi connectivity index (χ4v) is 2.63. The molecule has 0 spiro atoms. The third-order valence-electron chi connectivity index (χ3n) is 3.88. The maximum absolute atomic E-state index is 5.83. The first-order valence-electron chi connectivity index (χ1n) is 7.96. The van der Waals surface area contributed by atoms with Crippen LogP contribution in [0.5, 0.6) is 5.75 Å². The van der Waals surface area contributed by atoms with Crippen LogP contribution in [0.25, 0.3) is 22.6 Å². The van der Waals surface area contributed by atoms with Gasteiger partial charge in [-0.25, -0.2) is 4.98 Å².